The number of nitrogen functional groups attached to an aromatic ring is 1. The van der Waals surface area contributed by atoms with Crippen LogP contribution in [0.3, 0.4) is 0 Å². The number of methoxy groups -OCH3 is 6. The van der Waals surface area contributed by atoms with E-state index in [1.165, 1.54) is 35.5 Å². The molecule has 0 aliphatic carbocycles. The van der Waals surface area contributed by atoms with Crippen LogP contribution in [0.2, 0.25) is 0 Å². The van der Waals surface area contributed by atoms with Crippen LogP contribution in [-0.4, -0.2) is 135 Å². The number of ether oxygens (including phenoxy) is 9. The lowest BCUT2D eigenvalue weighted by atomic mass is 10.0. The Labute approximate surface area is 588 Å². The van der Waals surface area contributed by atoms with E-state index in [2.05, 4.69) is 46.7 Å². The predicted molar refractivity (Wildman–Crippen MR) is 379 cm³/mol. The number of benzene rings is 3. The van der Waals surface area contributed by atoms with Gasteiger partial charge in [-0.25, -0.2) is 43.3 Å². The van der Waals surface area contributed by atoms with E-state index in [9.17, 15) is 38.4 Å². The Hall–Kier alpha value is -9.76. The largest absolute Gasteiger partial charge is 0.497 e. The molecule has 4 N–H and O–H groups in total. The van der Waals surface area contributed by atoms with Gasteiger partial charge in [-0.3, -0.25) is 5.32 Å². The molecule has 8 rings (SSSR count). The molecule has 3 aromatic carbocycles. The van der Waals surface area contributed by atoms with Crippen LogP contribution in [0.1, 0.15) is 155 Å². The molecule has 526 valence electrons. The van der Waals surface area contributed by atoms with Gasteiger partial charge in [0.2, 0.25) is 0 Å². The van der Waals surface area contributed by atoms with E-state index < -0.39 is 47.0 Å². The molecule has 8 aromatic rings. The van der Waals surface area contributed by atoms with Crippen molar-refractivity contribution in [1.29, 1.82) is 0 Å². The first kappa shape index (κ1) is 80.7. The summed E-state index contributed by atoms with van der Waals surface area (Å²) < 4.78 is 64.4. The summed E-state index contributed by atoms with van der Waals surface area (Å²) in [5, 5.41) is 5.71. The molecule has 0 saturated carbocycles. The minimum Gasteiger partial charge on any atom is -0.497 e. The Morgan fingerprint density at radius 3 is 1.24 bits per heavy atom. The standard InChI is InChI=1S/C19H16N2O2S.C16H24N2O6S.C14H16N2O3S.C11H16N2O4S.C6H8N2O2S/c1-13-17(19(22)23-2)24-21-18(13)20-16(14-9-5-3-6-10-14)15-11-7-4-8-12-15;1-9-10(12(19)22-8)25-17-11(9)18(13(20)23-15(2,3)4)14(21)24-16(5,6)7;1-9-12(14(17)19-3)20-16-13(9)15-8-10-4-6-11(18-2)7-5-10;1-6-7(9(14)16-5)18-13-8(6)12-10(15)17-11(2,3)4;1-3-4(6(9)10-2)11-8-5(3)7/h3-12H,1-2H3;1-8H3;4-7H,8H2,1-3H3,(H,15,16);1-5H3,(H,12,13,15);1-2H3,(H2,7,8). The van der Waals surface area contributed by atoms with E-state index in [1.54, 1.807) is 90.2 Å². The molecule has 5 aromatic heterocycles. The molecule has 0 aliphatic rings. The number of aliphatic imine (C=N–C) groups is 1. The number of anilines is 4. The number of hydrogen-bond donors (Lipinski definition) is 3. The summed E-state index contributed by atoms with van der Waals surface area (Å²) in [4.78, 5) is 101. The van der Waals surface area contributed by atoms with Crippen LogP contribution in [0.5, 0.6) is 5.75 Å². The third kappa shape index (κ3) is 24.1. The van der Waals surface area contributed by atoms with E-state index in [1.807, 2.05) is 98.8 Å². The van der Waals surface area contributed by atoms with Crippen molar-refractivity contribution in [2.75, 3.05) is 63.9 Å². The zero-order valence-corrected chi connectivity index (χ0v) is 62.1. The third-order valence-electron chi connectivity index (χ3n) is 12.4. The average molecular weight is 1450 g/mol. The van der Waals surface area contributed by atoms with Gasteiger partial charge in [0.15, 0.2) is 17.5 Å². The molecule has 0 saturated heterocycles. The number of aromatic nitrogens is 5. The number of rotatable bonds is 14. The fourth-order valence-electron chi connectivity index (χ4n) is 7.47. The molecular formula is C66H80N10O17S5. The zero-order valence-electron chi connectivity index (χ0n) is 58.0. The van der Waals surface area contributed by atoms with Gasteiger partial charge in [0.25, 0.3) is 0 Å². The number of imide groups is 1. The molecule has 98 heavy (non-hydrogen) atoms. The maximum Gasteiger partial charge on any atom is 0.425 e. The maximum atomic E-state index is 12.5. The highest BCUT2D eigenvalue weighted by Crippen LogP contribution is 2.32. The normalized spacial score (nSPS) is 10.7. The Balaban J connectivity index is 0.000000266. The molecule has 0 bridgehead atoms. The lowest BCUT2D eigenvalue weighted by molar-refractivity contribution is 0.0423. The SMILES string of the molecule is COC(=O)c1snc(N(C(=O)OC(C)(C)C)C(=O)OC(C)(C)C)c1C.COC(=O)c1snc(N)c1C.COC(=O)c1snc(N=C(c2ccccc2)c2ccccc2)c1C.COC(=O)c1snc(NC(=O)OC(C)(C)C)c1C.COC(=O)c1snc(NCc2ccc(OC)cc2)c1C. The number of carbonyl (C=O) groups is 8. The minimum absolute atomic E-state index is 0.0195. The van der Waals surface area contributed by atoms with Crippen molar-refractivity contribution in [3.8, 4) is 5.75 Å². The summed E-state index contributed by atoms with van der Waals surface area (Å²) >= 11 is 5.11. The lowest BCUT2D eigenvalue weighted by Gasteiger charge is -2.27. The van der Waals surface area contributed by atoms with Crippen LogP contribution in [-0.2, 0) is 44.4 Å². The van der Waals surface area contributed by atoms with Crippen molar-refractivity contribution in [2.45, 2.75) is 120 Å². The van der Waals surface area contributed by atoms with Crippen LogP contribution < -0.4 is 26.0 Å². The van der Waals surface area contributed by atoms with Crippen molar-refractivity contribution < 1.29 is 81.0 Å². The van der Waals surface area contributed by atoms with Gasteiger partial charge >= 0.3 is 48.1 Å². The lowest BCUT2D eigenvalue weighted by Crippen LogP contribution is -2.44. The minimum atomic E-state index is -0.938. The second-order valence-corrected chi connectivity index (χ2v) is 27.1. The quantitative estimate of drug-likeness (QED) is 0.0517. The highest BCUT2D eigenvalue weighted by atomic mass is 32.1. The highest BCUT2D eigenvalue weighted by Gasteiger charge is 2.37. The molecule has 32 heteroatoms. The Morgan fingerprint density at radius 2 is 0.837 bits per heavy atom. The summed E-state index contributed by atoms with van der Waals surface area (Å²) in [5.74, 6) is 0.596. The molecule has 27 nitrogen and oxygen atoms in total. The van der Waals surface area contributed by atoms with Crippen molar-refractivity contribution in [2.24, 2.45) is 4.99 Å². The Kier molecular flexibility index (Phi) is 30.5. The number of hydrogen-bond acceptors (Lipinski definition) is 30. The zero-order chi connectivity index (χ0) is 73.4. The summed E-state index contributed by atoms with van der Waals surface area (Å²) in [6, 6.07) is 27.6. The van der Waals surface area contributed by atoms with Gasteiger partial charge in [-0.1, -0.05) is 72.8 Å². The topological polar surface area (TPSA) is 350 Å². The van der Waals surface area contributed by atoms with Gasteiger partial charge in [-0.2, -0.15) is 26.8 Å². The molecule has 0 atom stereocenters. The van der Waals surface area contributed by atoms with Gasteiger partial charge < -0.3 is 53.7 Å². The summed E-state index contributed by atoms with van der Waals surface area (Å²) in [7, 11) is 8.23. The van der Waals surface area contributed by atoms with E-state index in [4.69, 9.17) is 39.1 Å². The third-order valence-corrected chi connectivity index (χ3v) is 17.0. The van der Waals surface area contributed by atoms with Gasteiger partial charge in [0, 0.05) is 45.5 Å². The molecule has 0 unspecified atom stereocenters. The smallest absolute Gasteiger partial charge is 0.425 e. The van der Waals surface area contributed by atoms with Gasteiger partial charge in [-0.05, 0) is 172 Å². The summed E-state index contributed by atoms with van der Waals surface area (Å²) in [5.41, 5.74) is 10.2. The second-order valence-electron chi connectivity index (χ2n) is 23.2. The summed E-state index contributed by atoms with van der Waals surface area (Å²) in [6.45, 7) is 24.6. The van der Waals surface area contributed by atoms with Crippen molar-refractivity contribution in [1.82, 2.24) is 21.9 Å². The molecule has 3 amide bonds. The van der Waals surface area contributed by atoms with Crippen molar-refractivity contribution in [3.63, 3.8) is 0 Å². The molecule has 0 radical (unpaired) electrons. The van der Waals surface area contributed by atoms with E-state index in [0.717, 1.165) is 96.9 Å². The molecular weight excluding hydrogens is 1370 g/mol. The second kappa shape index (κ2) is 37.1. The van der Waals surface area contributed by atoms with E-state index >= 15 is 0 Å². The van der Waals surface area contributed by atoms with Gasteiger partial charge in [0.05, 0.1) is 48.4 Å². The predicted octanol–water partition coefficient (Wildman–Crippen LogP) is 14.6. The van der Waals surface area contributed by atoms with E-state index in [-0.39, 0.29) is 28.6 Å². The first-order valence-corrected chi connectivity index (χ1v) is 33.2. The van der Waals surface area contributed by atoms with Crippen LogP contribution in [0, 0.1) is 34.6 Å². The van der Waals surface area contributed by atoms with E-state index in [0.29, 0.717) is 70.9 Å². The first-order chi connectivity index (χ1) is 46.0. The number of esters is 5. The average Bonchev–Trinajstić information content (AvgIpc) is 1.58. The van der Waals surface area contributed by atoms with Crippen LogP contribution in [0.25, 0.3) is 0 Å². The van der Waals surface area contributed by atoms with Gasteiger partial charge in [0.1, 0.15) is 58.6 Å². The highest BCUT2D eigenvalue weighted by molar-refractivity contribution is 7.09. The van der Waals surface area contributed by atoms with Crippen molar-refractivity contribution in [3.05, 3.63) is 154 Å². The number of nitrogens with two attached hydrogens (primary N) is 1. The van der Waals surface area contributed by atoms with Crippen molar-refractivity contribution >= 4 is 141 Å². The van der Waals surface area contributed by atoms with Gasteiger partial charge in [-0.15, -0.1) is 0 Å². The van der Waals surface area contributed by atoms with Crippen LogP contribution in [0.4, 0.5) is 43.5 Å². The monoisotopic (exact) mass is 1440 g/mol. The first-order valence-electron chi connectivity index (χ1n) is 29.3. The maximum absolute atomic E-state index is 12.5. The summed E-state index contributed by atoms with van der Waals surface area (Å²) in [6.07, 6.45) is -2.48. The number of nitrogens with one attached hydrogen (secondary N) is 2. The number of amides is 3. The van der Waals surface area contributed by atoms with Crippen LogP contribution >= 0.6 is 57.7 Å². The Bertz CT molecular complexity index is 3980. The molecule has 0 fully saturated rings. The fraction of sp³-hybridized carbons (Fsp3) is 0.364. The molecule has 0 spiro atoms. The molecule has 0 aliphatic heterocycles. The Morgan fingerprint density at radius 1 is 0.459 bits per heavy atom. The molecule has 5 heterocycles. The number of nitrogens with zero attached hydrogens (tertiary/aromatic N) is 7. The number of carbonyl (C=O) groups excluding carboxylic acids is 8. The fourth-order valence-corrected chi connectivity index (χ4v) is 11.3. The van der Waals surface area contributed by atoms with Crippen LogP contribution in [0.15, 0.2) is 89.9 Å².